The molecular formula is C24H31N5O6S. The Morgan fingerprint density at radius 3 is 2.44 bits per heavy atom. The first kappa shape index (κ1) is 27.1. The number of hydrogen-bond acceptors (Lipinski definition) is 11. The first-order valence-corrected chi connectivity index (χ1v) is 12.2. The van der Waals surface area contributed by atoms with Crippen molar-refractivity contribution in [3.8, 4) is 28.6 Å². The molecule has 1 unspecified atom stereocenters. The summed E-state index contributed by atoms with van der Waals surface area (Å²) in [6.07, 6.45) is 1.61. The lowest BCUT2D eigenvalue weighted by Crippen LogP contribution is -2.29. The highest BCUT2D eigenvalue weighted by Gasteiger charge is 2.24. The van der Waals surface area contributed by atoms with E-state index < -0.39 is 12.1 Å². The maximum absolute atomic E-state index is 12.5. The van der Waals surface area contributed by atoms with Crippen molar-refractivity contribution in [2.75, 3.05) is 27.9 Å². The van der Waals surface area contributed by atoms with Crippen molar-refractivity contribution in [2.45, 2.75) is 31.9 Å². The second-order valence-corrected chi connectivity index (χ2v) is 8.16. The number of benzene rings is 2. The Hall–Kier alpha value is -3.48. The molecule has 3 aromatic rings. The minimum absolute atomic E-state index is 0.150. The number of amides is 1. The number of rotatable bonds is 14. The number of nitrogens with one attached hydrogen (secondary N) is 2. The summed E-state index contributed by atoms with van der Waals surface area (Å²) >= 11 is 1.07. The number of nitrogens with two attached hydrogens (primary N) is 1. The van der Waals surface area contributed by atoms with E-state index in [2.05, 4.69) is 20.2 Å². The van der Waals surface area contributed by atoms with Crippen LogP contribution in [0.4, 0.5) is 4.79 Å². The topological polar surface area (TPSA) is 143 Å². The monoisotopic (exact) mass is 517 g/mol. The highest BCUT2D eigenvalue weighted by molar-refractivity contribution is 7.95. The molecule has 1 heterocycles. The number of methoxy groups -OCH3 is 3. The van der Waals surface area contributed by atoms with Gasteiger partial charge in [0.05, 0.1) is 21.3 Å². The Labute approximate surface area is 214 Å². The number of carbonyl (C=O) groups excluding carboxylic acids is 1. The summed E-state index contributed by atoms with van der Waals surface area (Å²) in [6, 6.07) is 12.3. The zero-order chi connectivity index (χ0) is 25.8. The number of nitrogens with zero attached hydrogens (tertiary/aromatic N) is 2. The van der Waals surface area contributed by atoms with Gasteiger partial charge in [0.25, 0.3) is 0 Å². The van der Waals surface area contributed by atoms with Gasteiger partial charge < -0.3 is 28.8 Å². The van der Waals surface area contributed by atoms with E-state index in [4.69, 9.17) is 28.6 Å². The molecule has 194 valence electrons. The van der Waals surface area contributed by atoms with Gasteiger partial charge in [-0.05, 0) is 37.0 Å². The normalized spacial score (nSPS) is 11.6. The van der Waals surface area contributed by atoms with E-state index >= 15 is 0 Å². The molecule has 3 rings (SSSR count). The average Bonchev–Trinajstić information content (AvgIpc) is 3.41. The van der Waals surface area contributed by atoms with Crippen molar-refractivity contribution >= 4 is 18.2 Å². The maximum atomic E-state index is 12.5. The minimum atomic E-state index is -0.577. The summed E-state index contributed by atoms with van der Waals surface area (Å²) in [4.78, 5) is 17.1. The van der Waals surface area contributed by atoms with Crippen molar-refractivity contribution in [1.82, 2.24) is 20.2 Å². The summed E-state index contributed by atoms with van der Waals surface area (Å²) in [6.45, 7) is 0.879. The smallest absolute Gasteiger partial charge is 0.408 e. The van der Waals surface area contributed by atoms with Gasteiger partial charge in [-0.3, -0.25) is 9.86 Å². The fourth-order valence-corrected chi connectivity index (χ4v) is 3.74. The molecule has 2 aromatic carbocycles. The van der Waals surface area contributed by atoms with Crippen LogP contribution in [-0.2, 0) is 11.3 Å². The van der Waals surface area contributed by atoms with E-state index in [1.807, 2.05) is 30.3 Å². The van der Waals surface area contributed by atoms with Crippen LogP contribution in [0.1, 0.15) is 36.8 Å². The van der Waals surface area contributed by atoms with E-state index in [0.29, 0.717) is 35.1 Å². The molecule has 1 amide bonds. The van der Waals surface area contributed by atoms with E-state index in [-0.39, 0.29) is 12.5 Å². The second kappa shape index (κ2) is 14.2. The Kier molecular flexibility index (Phi) is 10.7. The molecule has 0 spiro atoms. The average molecular weight is 518 g/mol. The summed E-state index contributed by atoms with van der Waals surface area (Å²) in [7, 11) is 4.59. The SMILES string of the molecule is COc1cc(-c2noc(C(CCCCNSN)NC(=O)OCc3ccccc3)n2)cc(OC)c1OC. The van der Waals surface area contributed by atoms with E-state index in [9.17, 15) is 4.79 Å². The standard InChI is InChI=1S/C24H31N5O6S/c1-31-19-13-17(14-20(32-2)21(19)33-3)22-28-23(35-29-22)18(11-7-8-12-26-36-25)27-24(30)34-15-16-9-5-4-6-10-16/h4-6,9-10,13-14,18,26H,7-8,11-12,15,25H2,1-3H3,(H,27,30). The summed E-state index contributed by atoms with van der Waals surface area (Å²) in [5.74, 6) is 1.95. The van der Waals surface area contributed by atoms with E-state index in [1.54, 1.807) is 12.1 Å². The van der Waals surface area contributed by atoms with Crippen molar-refractivity contribution < 1.29 is 28.3 Å². The lowest BCUT2D eigenvalue weighted by molar-refractivity contribution is 0.132. The van der Waals surface area contributed by atoms with Gasteiger partial charge in [0.15, 0.2) is 11.5 Å². The third kappa shape index (κ3) is 7.51. The summed E-state index contributed by atoms with van der Waals surface area (Å²) < 4.78 is 30.1. The number of hydrogen-bond donors (Lipinski definition) is 3. The van der Waals surface area contributed by atoms with Crippen LogP contribution in [0.15, 0.2) is 47.0 Å². The molecule has 0 aliphatic heterocycles. The second-order valence-electron chi connectivity index (χ2n) is 7.64. The highest BCUT2D eigenvalue weighted by atomic mass is 32.2. The van der Waals surface area contributed by atoms with Crippen molar-refractivity contribution in [3.05, 3.63) is 53.9 Å². The van der Waals surface area contributed by atoms with Crippen LogP contribution in [-0.4, -0.2) is 44.1 Å². The van der Waals surface area contributed by atoms with Crippen LogP contribution in [0.5, 0.6) is 17.2 Å². The van der Waals surface area contributed by atoms with Crippen LogP contribution in [0.2, 0.25) is 0 Å². The lowest BCUT2D eigenvalue weighted by atomic mass is 10.1. The van der Waals surface area contributed by atoms with Gasteiger partial charge in [0, 0.05) is 24.2 Å². The molecule has 11 nitrogen and oxygen atoms in total. The molecule has 1 atom stereocenters. The quantitative estimate of drug-likeness (QED) is 0.211. The first-order chi connectivity index (χ1) is 17.6. The van der Waals surface area contributed by atoms with Crippen molar-refractivity contribution in [2.24, 2.45) is 5.14 Å². The fourth-order valence-electron chi connectivity index (χ4n) is 3.47. The Morgan fingerprint density at radius 2 is 1.81 bits per heavy atom. The molecule has 0 saturated heterocycles. The minimum Gasteiger partial charge on any atom is -0.493 e. The number of alkyl carbamates (subject to hydrolysis) is 1. The largest absolute Gasteiger partial charge is 0.493 e. The maximum Gasteiger partial charge on any atom is 0.408 e. The molecular weight excluding hydrogens is 486 g/mol. The summed E-state index contributed by atoms with van der Waals surface area (Å²) in [5, 5.41) is 12.4. The van der Waals surface area contributed by atoms with Crippen LogP contribution < -0.4 is 29.4 Å². The number of ether oxygens (including phenoxy) is 4. The van der Waals surface area contributed by atoms with Gasteiger partial charge in [-0.25, -0.2) is 4.79 Å². The Bertz CT molecular complexity index is 1070. The number of aromatic nitrogens is 2. The van der Waals surface area contributed by atoms with Crippen molar-refractivity contribution in [1.29, 1.82) is 0 Å². The molecule has 4 N–H and O–H groups in total. The molecule has 0 bridgehead atoms. The predicted molar refractivity (Wildman–Crippen MR) is 136 cm³/mol. The van der Waals surface area contributed by atoms with Gasteiger partial charge in [-0.2, -0.15) is 4.98 Å². The molecule has 0 fully saturated rings. The first-order valence-electron chi connectivity index (χ1n) is 11.3. The van der Waals surface area contributed by atoms with Gasteiger partial charge in [0.2, 0.25) is 17.5 Å². The van der Waals surface area contributed by atoms with Crippen LogP contribution in [0, 0.1) is 0 Å². The molecule has 1 aromatic heterocycles. The van der Waals surface area contributed by atoms with E-state index in [0.717, 1.165) is 37.1 Å². The number of carbonyl (C=O) groups is 1. The zero-order valence-corrected chi connectivity index (χ0v) is 21.3. The molecule has 0 saturated carbocycles. The third-order valence-corrected chi connectivity index (χ3v) is 5.64. The molecule has 36 heavy (non-hydrogen) atoms. The lowest BCUT2D eigenvalue weighted by Gasteiger charge is -2.15. The van der Waals surface area contributed by atoms with E-state index in [1.165, 1.54) is 21.3 Å². The van der Waals surface area contributed by atoms with Crippen LogP contribution in [0.25, 0.3) is 11.4 Å². The van der Waals surface area contributed by atoms with Gasteiger partial charge in [0.1, 0.15) is 12.6 Å². The summed E-state index contributed by atoms with van der Waals surface area (Å²) in [5.41, 5.74) is 1.49. The molecule has 0 aliphatic carbocycles. The number of unbranched alkanes of at least 4 members (excludes halogenated alkanes) is 1. The molecule has 0 aliphatic rings. The Balaban J connectivity index is 1.76. The van der Waals surface area contributed by atoms with Crippen molar-refractivity contribution in [3.63, 3.8) is 0 Å². The fraction of sp³-hybridized carbons (Fsp3) is 0.375. The van der Waals surface area contributed by atoms with Gasteiger partial charge in [-0.15, -0.1) is 0 Å². The third-order valence-electron chi connectivity index (χ3n) is 5.27. The zero-order valence-electron chi connectivity index (χ0n) is 20.5. The predicted octanol–water partition coefficient (Wildman–Crippen LogP) is 4.01. The van der Waals surface area contributed by atoms with Gasteiger partial charge in [-0.1, -0.05) is 35.5 Å². The Morgan fingerprint density at radius 1 is 1.08 bits per heavy atom. The van der Waals surface area contributed by atoms with Crippen LogP contribution in [0.3, 0.4) is 0 Å². The molecule has 0 radical (unpaired) electrons. The molecule has 12 heteroatoms. The van der Waals surface area contributed by atoms with Crippen LogP contribution >= 0.6 is 12.1 Å². The van der Waals surface area contributed by atoms with Gasteiger partial charge >= 0.3 is 6.09 Å². The highest BCUT2D eigenvalue weighted by Crippen LogP contribution is 2.40.